The SMILES string of the molecule is CCCOc1cccc(C(O)=C2C(=O)C(=O)N(Cc3ccccc3)C2c2ccc([N+](=O)[O-])cc2)c1. The number of Topliss-reactive ketones (excluding diaryl/α,β-unsaturated/α-hetero) is 1. The number of amides is 1. The number of benzene rings is 3. The van der Waals surface area contributed by atoms with Crippen LogP contribution >= 0.6 is 0 Å². The van der Waals surface area contributed by atoms with Crippen LogP contribution in [0.25, 0.3) is 5.76 Å². The molecule has 0 aromatic heterocycles. The smallest absolute Gasteiger partial charge is 0.295 e. The minimum atomic E-state index is -0.920. The lowest BCUT2D eigenvalue weighted by Gasteiger charge is -2.25. The Labute approximate surface area is 202 Å². The topological polar surface area (TPSA) is 110 Å². The number of aliphatic hydroxyl groups is 1. The van der Waals surface area contributed by atoms with Crippen LogP contribution in [0.1, 0.15) is 36.1 Å². The van der Waals surface area contributed by atoms with E-state index in [0.717, 1.165) is 12.0 Å². The van der Waals surface area contributed by atoms with E-state index in [0.29, 0.717) is 23.5 Å². The fourth-order valence-corrected chi connectivity index (χ4v) is 4.06. The van der Waals surface area contributed by atoms with Crippen molar-refractivity contribution in [3.63, 3.8) is 0 Å². The van der Waals surface area contributed by atoms with Crippen molar-refractivity contribution in [2.45, 2.75) is 25.9 Å². The number of ether oxygens (including phenoxy) is 1. The molecule has 3 aromatic rings. The predicted octanol–water partition coefficient (Wildman–Crippen LogP) is 5.01. The minimum absolute atomic E-state index is 0.0765. The summed E-state index contributed by atoms with van der Waals surface area (Å²) in [5.74, 6) is -1.37. The Morgan fingerprint density at radius 3 is 2.40 bits per heavy atom. The molecule has 1 N–H and O–H groups in total. The molecule has 0 aliphatic carbocycles. The Morgan fingerprint density at radius 2 is 1.74 bits per heavy atom. The number of aliphatic hydroxyl groups excluding tert-OH is 1. The molecule has 0 bridgehead atoms. The van der Waals surface area contributed by atoms with Crippen LogP contribution in [0.15, 0.2) is 84.4 Å². The number of likely N-dealkylation sites (tertiary alicyclic amines) is 1. The average molecular weight is 472 g/mol. The fourth-order valence-electron chi connectivity index (χ4n) is 4.06. The van der Waals surface area contributed by atoms with Gasteiger partial charge in [-0.3, -0.25) is 19.7 Å². The van der Waals surface area contributed by atoms with Crippen molar-refractivity contribution in [2.24, 2.45) is 0 Å². The maximum absolute atomic E-state index is 13.2. The zero-order valence-corrected chi connectivity index (χ0v) is 19.1. The number of nitro benzene ring substituents is 1. The first-order chi connectivity index (χ1) is 16.9. The van der Waals surface area contributed by atoms with Gasteiger partial charge >= 0.3 is 0 Å². The van der Waals surface area contributed by atoms with Gasteiger partial charge in [-0.15, -0.1) is 0 Å². The molecular formula is C27H24N2O6. The predicted molar refractivity (Wildman–Crippen MR) is 130 cm³/mol. The molecule has 8 heteroatoms. The maximum atomic E-state index is 13.2. The Bertz CT molecular complexity index is 1280. The van der Waals surface area contributed by atoms with Crippen LogP contribution in [0, 0.1) is 10.1 Å². The van der Waals surface area contributed by atoms with Crippen LogP contribution < -0.4 is 4.74 Å². The lowest BCUT2D eigenvalue weighted by atomic mass is 9.95. The van der Waals surface area contributed by atoms with Gasteiger partial charge in [0.1, 0.15) is 11.5 Å². The second-order valence-corrected chi connectivity index (χ2v) is 8.14. The molecule has 3 aromatic carbocycles. The Hall–Kier alpha value is -4.46. The molecule has 0 spiro atoms. The quantitative estimate of drug-likeness (QED) is 0.162. The van der Waals surface area contributed by atoms with Gasteiger partial charge in [0, 0.05) is 24.2 Å². The number of rotatable bonds is 8. The standard InChI is InChI=1S/C27H24N2O6/c1-2-15-35-22-10-6-9-20(16-22)25(30)23-24(19-11-13-21(14-12-19)29(33)34)28(27(32)26(23)31)17-18-7-4-3-5-8-18/h3-14,16,24,30H,2,15,17H2,1H3. The second-order valence-electron chi connectivity index (χ2n) is 8.14. The molecule has 178 valence electrons. The van der Waals surface area contributed by atoms with Gasteiger partial charge in [-0.1, -0.05) is 49.4 Å². The molecule has 1 atom stereocenters. The number of ketones is 1. The minimum Gasteiger partial charge on any atom is -0.507 e. The fraction of sp³-hybridized carbons (Fsp3) is 0.185. The summed E-state index contributed by atoms with van der Waals surface area (Å²) < 4.78 is 5.64. The molecule has 8 nitrogen and oxygen atoms in total. The average Bonchev–Trinajstić information content (AvgIpc) is 3.12. The third-order valence-corrected chi connectivity index (χ3v) is 5.74. The van der Waals surface area contributed by atoms with Crippen LogP contribution in [0.2, 0.25) is 0 Å². The summed E-state index contributed by atoms with van der Waals surface area (Å²) >= 11 is 0. The van der Waals surface area contributed by atoms with Gasteiger partial charge in [0.05, 0.1) is 23.1 Å². The number of hydrogen-bond acceptors (Lipinski definition) is 6. The van der Waals surface area contributed by atoms with E-state index in [9.17, 15) is 24.8 Å². The van der Waals surface area contributed by atoms with E-state index in [1.54, 1.807) is 24.3 Å². The van der Waals surface area contributed by atoms with E-state index < -0.39 is 22.7 Å². The van der Waals surface area contributed by atoms with Crippen molar-refractivity contribution < 1.29 is 24.4 Å². The van der Waals surface area contributed by atoms with Crippen molar-refractivity contribution in [2.75, 3.05) is 6.61 Å². The highest BCUT2D eigenvalue weighted by Gasteiger charge is 2.46. The molecule has 1 fully saturated rings. The Morgan fingerprint density at radius 1 is 1.03 bits per heavy atom. The van der Waals surface area contributed by atoms with Gasteiger partial charge in [-0.05, 0) is 41.8 Å². The van der Waals surface area contributed by atoms with Crippen molar-refractivity contribution in [1.82, 2.24) is 4.90 Å². The molecule has 1 amide bonds. The highest BCUT2D eigenvalue weighted by molar-refractivity contribution is 6.46. The van der Waals surface area contributed by atoms with E-state index in [1.807, 2.05) is 37.3 Å². The van der Waals surface area contributed by atoms with Crippen molar-refractivity contribution >= 4 is 23.1 Å². The molecule has 0 saturated carbocycles. The summed E-state index contributed by atoms with van der Waals surface area (Å²) in [6, 6.07) is 20.6. The third-order valence-electron chi connectivity index (χ3n) is 5.74. The van der Waals surface area contributed by atoms with Crippen LogP contribution in [0.4, 0.5) is 5.69 Å². The van der Waals surface area contributed by atoms with Gasteiger partial charge in [-0.2, -0.15) is 0 Å². The molecule has 1 unspecified atom stereocenters. The van der Waals surface area contributed by atoms with E-state index in [4.69, 9.17) is 4.74 Å². The number of carbonyl (C=O) groups excluding carboxylic acids is 2. The van der Waals surface area contributed by atoms with E-state index in [-0.39, 0.29) is 23.6 Å². The summed E-state index contributed by atoms with van der Waals surface area (Å²) in [7, 11) is 0. The summed E-state index contributed by atoms with van der Waals surface area (Å²) in [5, 5.41) is 22.4. The third kappa shape index (κ3) is 4.91. The van der Waals surface area contributed by atoms with E-state index >= 15 is 0 Å². The van der Waals surface area contributed by atoms with Gasteiger partial charge in [0.15, 0.2) is 0 Å². The van der Waals surface area contributed by atoms with Crippen LogP contribution in [0.5, 0.6) is 5.75 Å². The summed E-state index contributed by atoms with van der Waals surface area (Å²) in [4.78, 5) is 38.3. The highest BCUT2D eigenvalue weighted by Crippen LogP contribution is 2.41. The molecule has 1 saturated heterocycles. The molecular weight excluding hydrogens is 448 g/mol. The number of nitro groups is 1. The normalized spacial score (nSPS) is 16.9. The maximum Gasteiger partial charge on any atom is 0.295 e. The zero-order valence-electron chi connectivity index (χ0n) is 19.1. The van der Waals surface area contributed by atoms with Gasteiger partial charge in [0.25, 0.3) is 17.4 Å². The lowest BCUT2D eigenvalue weighted by molar-refractivity contribution is -0.384. The number of hydrogen-bond donors (Lipinski definition) is 1. The zero-order chi connectivity index (χ0) is 24.9. The highest BCUT2D eigenvalue weighted by atomic mass is 16.6. The molecule has 1 aliphatic heterocycles. The number of carbonyl (C=O) groups is 2. The largest absolute Gasteiger partial charge is 0.507 e. The van der Waals surface area contributed by atoms with Crippen LogP contribution in [0.3, 0.4) is 0 Å². The first-order valence-electron chi connectivity index (χ1n) is 11.2. The molecule has 4 rings (SSSR count). The first-order valence-corrected chi connectivity index (χ1v) is 11.2. The van der Waals surface area contributed by atoms with Crippen molar-refractivity contribution in [3.05, 3.63) is 111 Å². The summed E-state index contributed by atoms with van der Waals surface area (Å²) in [5.41, 5.74) is 1.42. The summed E-state index contributed by atoms with van der Waals surface area (Å²) in [6.45, 7) is 2.60. The van der Waals surface area contributed by atoms with E-state index in [2.05, 4.69) is 0 Å². The summed E-state index contributed by atoms with van der Waals surface area (Å²) in [6.07, 6.45) is 0.806. The van der Waals surface area contributed by atoms with Gasteiger partial charge in [0.2, 0.25) is 0 Å². The molecule has 1 aliphatic rings. The van der Waals surface area contributed by atoms with Crippen molar-refractivity contribution in [3.8, 4) is 5.75 Å². The van der Waals surface area contributed by atoms with E-state index in [1.165, 1.54) is 29.2 Å². The molecule has 0 radical (unpaired) electrons. The number of non-ortho nitro benzene ring substituents is 1. The Balaban J connectivity index is 1.82. The van der Waals surface area contributed by atoms with Crippen LogP contribution in [-0.2, 0) is 16.1 Å². The molecule has 1 heterocycles. The van der Waals surface area contributed by atoms with Crippen molar-refractivity contribution in [1.29, 1.82) is 0 Å². The van der Waals surface area contributed by atoms with Gasteiger partial charge < -0.3 is 14.7 Å². The monoisotopic (exact) mass is 472 g/mol. The van der Waals surface area contributed by atoms with Gasteiger partial charge in [-0.25, -0.2) is 0 Å². The first kappa shape index (κ1) is 23.7. The second kappa shape index (κ2) is 10.2. The van der Waals surface area contributed by atoms with Crippen LogP contribution in [-0.4, -0.2) is 33.2 Å². The Kier molecular flexibility index (Phi) is 6.91. The molecule has 35 heavy (non-hydrogen) atoms. The number of nitrogens with zero attached hydrogens (tertiary/aromatic N) is 2. The lowest BCUT2D eigenvalue weighted by Crippen LogP contribution is -2.29.